The molecule has 2 atom stereocenters. The lowest BCUT2D eigenvalue weighted by Crippen LogP contribution is -2.48. The molecule has 2 N–H and O–H groups in total. The molecule has 2 fully saturated rings. The molecule has 102 valence electrons. The van der Waals surface area contributed by atoms with Gasteiger partial charge in [-0.3, -0.25) is 4.79 Å². The second kappa shape index (κ2) is 5.14. The Kier molecular flexibility index (Phi) is 3.50. The van der Waals surface area contributed by atoms with Gasteiger partial charge in [0, 0.05) is 28.7 Å². The summed E-state index contributed by atoms with van der Waals surface area (Å²) < 4.78 is 0. The van der Waals surface area contributed by atoms with Crippen LogP contribution in [0.5, 0.6) is 0 Å². The summed E-state index contributed by atoms with van der Waals surface area (Å²) in [5, 5.41) is 7.37. The van der Waals surface area contributed by atoms with E-state index in [4.69, 9.17) is 11.6 Å². The molecule has 0 radical (unpaired) electrons. The van der Waals surface area contributed by atoms with Gasteiger partial charge in [-0.25, -0.2) is 0 Å². The number of aryl methyl sites for hydroxylation is 1. The number of hydrogen-bond acceptors (Lipinski definition) is 2. The van der Waals surface area contributed by atoms with E-state index < -0.39 is 0 Å². The van der Waals surface area contributed by atoms with Crippen LogP contribution in [0.1, 0.15) is 41.6 Å². The highest BCUT2D eigenvalue weighted by molar-refractivity contribution is 6.31. The molecule has 2 heterocycles. The van der Waals surface area contributed by atoms with Crippen molar-refractivity contribution in [3.8, 4) is 0 Å². The first-order valence-corrected chi connectivity index (χ1v) is 7.32. The molecule has 1 amide bonds. The first-order chi connectivity index (χ1) is 9.11. The number of amides is 1. The van der Waals surface area contributed by atoms with E-state index in [1.165, 1.54) is 12.8 Å². The summed E-state index contributed by atoms with van der Waals surface area (Å²) in [5.74, 6) is -0.00630. The molecule has 2 aliphatic heterocycles. The summed E-state index contributed by atoms with van der Waals surface area (Å²) in [4.78, 5) is 12.2. The van der Waals surface area contributed by atoms with Crippen molar-refractivity contribution in [3.05, 3.63) is 34.3 Å². The molecular weight excluding hydrogens is 260 g/mol. The van der Waals surface area contributed by atoms with Crippen molar-refractivity contribution in [2.45, 2.75) is 50.7 Å². The minimum atomic E-state index is -0.00630. The summed E-state index contributed by atoms with van der Waals surface area (Å²) in [6, 6.07) is 6.96. The van der Waals surface area contributed by atoms with E-state index in [1.807, 2.05) is 19.1 Å². The van der Waals surface area contributed by atoms with E-state index in [0.717, 1.165) is 18.4 Å². The zero-order chi connectivity index (χ0) is 13.4. The van der Waals surface area contributed by atoms with E-state index in [1.54, 1.807) is 6.07 Å². The van der Waals surface area contributed by atoms with Crippen LogP contribution < -0.4 is 10.6 Å². The molecule has 0 aliphatic carbocycles. The Labute approximate surface area is 118 Å². The molecule has 1 aromatic rings. The highest BCUT2D eigenvalue weighted by Gasteiger charge is 2.34. The normalized spacial score (nSPS) is 29.3. The minimum Gasteiger partial charge on any atom is -0.349 e. The highest BCUT2D eigenvalue weighted by atomic mass is 35.5. The van der Waals surface area contributed by atoms with Gasteiger partial charge in [0.15, 0.2) is 0 Å². The molecule has 0 aromatic heterocycles. The van der Waals surface area contributed by atoms with Crippen molar-refractivity contribution in [3.63, 3.8) is 0 Å². The van der Waals surface area contributed by atoms with Crippen molar-refractivity contribution < 1.29 is 4.79 Å². The Morgan fingerprint density at radius 3 is 2.63 bits per heavy atom. The number of carbonyl (C=O) groups excluding carboxylic acids is 1. The molecule has 2 aliphatic rings. The second-order valence-electron chi connectivity index (χ2n) is 5.74. The third kappa shape index (κ3) is 2.77. The van der Waals surface area contributed by atoms with Gasteiger partial charge in [0.25, 0.3) is 5.91 Å². The van der Waals surface area contributed by atoms with Gasteiger partial charge < -0.3 is 10.6 Å². The smallest absolute Gasteiger partial charge is 0.251 e. The molecule has 0 saturated carbocycles. The molecule has 1 aromatic carbocycles. The second-order valence-corrected chi connectivity index (χ2v) is 6.15. The highest BCUT2D eigenvalue weighted by Crippen LogP contribution is 2.27. The molecule has 4 heteroatoms. The van der Waals surface area contributed by atoms with Gasteiger partial charge in [0.1, 0.15) is 0 Å². The van der Waals surface area contributed by atoms with Crippen LogP contribution in [-0.4, -0.2) is 24.0 Å². The summed E-state index contributed by atoms with van der Waals surface area (Å²) >= 11 is 6.07. The van der Waals surface area contributed by atoms with Crippen LogP contribution in [0.2, 0.25) is 5.02 Å². The van der Waals surface area contributed by atoms with E-state index >= 15 is 0 Å². The average molecular weight is 279 g/mol. The Balaban J connectivity index is 1.66. The minimum absolute atomic E-state index is 0.00630. The number of benzene rings is 1. The fourth-order valence-corrected chi connectivity index (χ4v) is 3.36. The third-order valence-electron chi connectivity index (χ3n) is 4.24. The molecule has 3 rings (SSSR count). The van der Waals surface area contributed by atoms with E-state index in [-0.39, 0.29) is 5.91 Å². The zero-order valence-electron chi connectivity index (χ0n) is 11.1. The molecular formula is C15H19ClN2O. The average Bonchev–Trinajstić information content (AvgIpc) is 2.72. The molecule has 2 saturated heterocycles. The van der Waals surface area contributed by atoms with Crippen molar-refractivity contribution in [2.24, 2.45) is 0 Å². The number of hydrogen-bond donors (Lipinski definition) is 2. The van der Waals surface area contributed by atoms with Crippen LogP contribution in [0.25, 0.3) is 0 Å². The van der Waals surface area contributed by atoms with Crippen LogP contribution in [-0.2, 0) is 0 Å². The van der Waals surface area contributed by atoms with Crippen LogP contribution in [0, 0.1) is 6.92 Å². The van der Waals surface area contributed by atoms with Gasteiger partial charge in [-0.1, -0.05) is 17.7 Å². The number of rotatable bonds is 2. The molecule has 3 nitrogen and oxygen atoms in total. The van der Waals surface area contributed by atoms with Crippen molar-refractivity contribution in [1.82, 2.24) is 10.6 Å². The van der Waals surface area contributed by atoms with Crippen molar-refractivity contribution in [2.75, 3.05) is 0 Å². The Morgan fingerprint density at radius 1 is 1.32 bits per heavy atom. The largest absolute Gasteiger partial charge is 0.349 e. The maximum absolute atomic E-state index is 12.2. The van der Waals surface area contributed by atoms with E-state index in [2.05, 4.69) is 10.6 Å². The van der Waals surface area contributed by atoms with Crippen LogP contribution in [0.15, 0.2) is 18.2 Å². The molecule has 19 heavy (non-hydrogen) atoms. The number of carbonyl (C=O) groups is 1. The van der Waals surface area contributed by atoms with E-state index in [0.29, 0.717) is 28.7 Å². The maximum Gasteiger partial charge on any atom is 0.251 e. The van der Waals surface area contributed by atoms with Gasteiger partial charge in [-0.2, -0.15) is 0 Å². The Hall–Kier alpha value is -1.06. The van der Waals surface area contributed by atoms with Crippen molar-refractivity contribution >= 4 is 17.5 Å². The Morgan fingerprint density at radius 2 is 2.00 bits per heavy atom. The van der Waals surface area contributed by atoms with Gasteiger partial charge in [0.2, 0.25) is 0 Å². The summed E-state index contributed by atoms with van der Waals surface area (Å²) in [6.45, 7) is 1.94. The molecule has 2 unspecified atom stereocenters. The summed E-state index contributed by atoms with van der Waals surface area (Å²) in [5.41, 5.74) is 1.65. The lowest BCUT2D eigenvalue weighted by molar-refractivity contribution is 0.0924. The third-order valence-corrected chi connectivity index (χ3v) is 4.65. The summed E-state index contributed by atoms with van der Waals surface area (Å²) in [7, 11) is 0. The molecule has 0 spiro atoms. The topological polar surface area (TPSA) is 41.1 Å². The van der Waals surface area contributed by atoms with Crippen LogP contribution in [0.3, 0.4) is 0 Å². The number of halogens is 1. The van der Waals surface area contributed by atoms with Crippen LogP contribution >= 0.6 is 11.6 Å². The van der Waals surface area contributed by atoms with Crippen molar-refractivity contribution in [1.29, 1.82) is 0 Å². The first kappa shape index (κ1) is 12.9. The van der Waals surface area contributed by atoms with Gasteiger partial charge >= 0.3 is 0 Å². The zero-order valence-corrected chi connectivity index (χ0v) is 11.8. The van der Waals surface area contributed by atoms with Gasteiger partial charge in [-0.15, -0.1) is 0 Å². The first-order valence-electron chi connectivity index (χ1n) is 6.95. The standard InChI is InChI=1S/C15H19ClN2O/c1-9-2-3-10(6-14(9)16)15(19)18-13-7-11-4-5-12(8-13)17-11/h2-3,6,11-13,17H,4-5,7-8H2,1H3,(H,18,19). The Bertz CT molecular complexity index is 491. The lowest BCUT2D eigenvalue weighted by Gasteiger charge is -2.29. The predicted molar refractivity (Wildman–Crippen MR) is 76.6 cm³/mol. The SMILES string of the molecule is Cc1ccc(C(=O)NC2CC3CCC(C2)N3)cc1Cl. The maximum atomic E-state index is 12.2. The fraction of sp³-hybridized carbons (Fsp3) is 0.533. The number of fused-ring (bicyclic) bond motifs is 2. The van der Waals surface area contributed by atoms with E-state index in [9.17, 15) is 4.79 Å². The number of piperidine rings is 1. The predicted octanol–water partition coefficient (Wildman–Crippen LogP) is 2.66. The fourth-order valence-electron chi connectivity index (χ4n) is 3.18. The number of nitrogens with one attached hydrogen (secondary N) is 2. The molecule has 2 bridgehead atoms. The lowest BCUT2D eigenvalue weighted by atomic mass is 9.99. The monoisotopic (exact) mass is 278 g/mol. The van der Waals surface area contributed by atoms with Gasteiger partial charge in [-0.05, 0) is 50.3 Å². The van der Waals surface area contributed by atoms with Crippen LogP contribution in [0.4, 0.5) is 0 Å². The summed E-state index contributed by atoms with van der Waals surface area (Å²) in [6.07, 6.45) is 4.57. The van der Waals surface area contributed by atoms with Gasteiger partial charge in [0.05, 0.1) is 0 Å². The quantitative estimate of drug-likeness (QED) is 0.873.